The monoisotopic (exact) mass is 507 g/mol. The molecular weight excluding hydrogens is 486 g/mol. The van der Waals surface area contributed by atoms with Gasteiger partial charge < -0.3 is 14.5 Å². The van der Waals surface area contributed by atoms with Crippen molar-refractivity contribution in [3.05, 3.63) is 80.9 Å². The Morgan fingerprint density at radius 1 is 1.17 bits per heavy atom. The van der Waals surface area contributed by atoms with Crippen molar-refractivity contribution in [1.82, 2.24) is 4.90 Å². The highest BCUT2D eigenvalue weighted by molar-refractivity contribution is 8.18. The Morgan fingerprint density at radius 3 is 2.58 bits per heavy atom. The number of hydrogen-bond acceptors (Lipinski definition) is 8. The lowest BCUT2D eigenvalue weighted by molar-refractivity contribution is -0.384. The minimum Gasteiger partial charge on any atom is -0.494 e. The average molecular weight is 508 g/mol. The van der Waals surface area contributed by atoms with Crippen LogP contribution in [0, 0.1) is 17.0 Å². The molecule has 2 heterocycles. The quantitative estimate of drug-likeness (QED) is 0.249. The molecule has 3 aromatic rings. The minimum absolute atomic E-state index is 0.0248. The molecule has 3 amide bonds. The Morgan fingerprint density at radius 2 is 1.92 bits per heavy atom. The van der Waals surface area contributed by atoms with E-state index in [0.29, 0.717) is 52.5 Å². The Kier molecular flexibility index (Phi) is 7.20. The van der Waals surface area contributed by atoms with Crippen molar-refractivity contribution >= 4 is 46.3 Å². The highest BCUT2D eigenvalue weighted by atomic mass is 32.2. The van der Waals surface area contributed by atoms with Gasteiger partial charge >= 0.3 is 0 Å². The number of aryl methyl sites for hydroxylation is 1. The first-order chi connectivity index (χ1) is 17.2. The standard InChI is InChI=1S/C25H21N3O7S/c1-3-34-18-7-4-16(5-8-18)26-23(29)14-27-24(30)22(36-25(27)31)13-19-9-11-21(35-19)20-10-6-17(28(32)33)12-15(20)2/h4-13H,3,14H2,1-2H3,(H,26,29)/b22-13-. The number of anilines is 1. The molecule has 0 radical (unpaired) electrons. The van der Waals surface area contributed by atoms with E-state index in [0.717, 1.165) is 4.90 Å². The maximum atomic E-state index is 12.8. The number of thioether (sulfide) groups is 1. The van der Waals surface area contributed by atoms with E-state index in [1.165, 1.54) is 18.2 Å². The van der Waals surface area contributed by atoms with Crippen LogP contribution in [-0.2, 0) is 9.59 Å². The lowest BCUT2D eigenvalue weighted by atomic mass is 10.1. The number of nitrogens with one attached hydrogen (secondary N) is 1. The largest absolute Gasteiger partial charge is 0.494 e. The summed E-state index contributed by atoms with van der Waals surface area (Å²) in [6, 6.07) is 14.5. The summed E-state index contributed by atoms with van der Waals surface area (Å²) in [5, 5.41) is 13.0. The number of carbonyl (C=O) groups excluding carboxylic acids is 3. The van der Waals surface area contributed by atoms with Gasteiger partial charge in [0.2, 0.25) is 5.91 Å². The van der Waals surface area contributed by atoms with Gasteiger partial charge in [-0.25, -0.2) is 0 Å². The third-order valence-corrected chi connectivity index (χ3v) is 6.12. The van der Waals surface area contributed by atoms with Crippen molar-refractivity contribution in [2.75, 3.05) is 18.5 Å². The van der Waals surface area contributed by atoms with Crippen molar-refractivity contribution in [1.29, 1.82) is 0 Å². The maximum Gasteiger partial charge on any atom is 0.294 e. The highest BCUT2D eigenvalue weighted by Gasteiger charge is 2.36. The number of non-ortho nitro benzene ring substituents is 1. The number of nitro groups is 1. The molecular formula is C25H21N3O7S. The second kappa shape index (κ2) is 10.5. The van der Waals surface area contributed by atoms with E-state index in [9.17, 15) is 24.5 Å². The van der Waals surface area contributed by atoms with Crippen molar-refractivity contribution < 1.29 is 28.5 Å². The van der Waals surface area contributed by atoms with Gasteiger partial charge in [-0.15, -0.1) is 0 Å². The first kappa shape index (κ1) is 24.7. The van der Waals surface area contributed by atoms with Gasteiger partial charge in [0.15, 0.2) is 0 Å². The third kappa shape index (κ3) is 5.47. The molecule has 2 aromatic carbocycles. The van der Waals surface area contributed by atoms with Gasteiger partial charge in [-0.05, 0) is 73.6 Å². The predicted octanol–water partition coefficient (Wildman–Crippen LogP) is 5.24. The number of rotatable bonds is 8. The molecule has 10 nitrogen and oxygen atoms in total. The van der Waals surface area contributed by atoms with Crippen molar-refractivity contribution in [3.63, 3.8) is 0 Å². The molecule has 0 atom stereocenters. The van der Waals surface area contributed by atoms with Crippen LogP contribution in [0.5, 0.6) is 5.75 Å². The van der Waals surface area contributed by atoms with Crippen LogP contribution >= 0.6 is 11.8 Å². The lowest BCUT2D eigenvalue weighted by Gasteiger charge is -2.12. The van der Waals surface area contributed by atoms with Crippen LogP contribution in [-0.4, -0.2) is 40.0 Å². The fraction of sp³-hybridized carbons (Fsp3) is 0.160. The zero-order valence-corrected chi connectivity index (χ0v) is 20.2. The zero-order valence-electron chi connectivity index (χ0n) is 19.3. The van der Waals surface area contributed by atoms with E-state index in [1.807, 2.05) is 6.92 Å². The predicted molar refractivity (Wildman–Crippen MR) is 134 cm³/mol. The molecule has 36 heavy (non-hydrogen) atoms. The summed E-state index contributed by atoms with van der Waals surface area (Å²) in [4.78, 5) is 49.0. The summed E-state index contributed by atoms with van der Waals surface area (Å²) in [6.45, 7) is 3.69. The molecule has 184 valence electrons. The minimum atomic E-state index is -0.601. The van der Waals surface area contributed by atoms with Gasteiger partial charge in [0.05, 0.1) is 16.4 Å². The van der Waals surface area contributed by atoms with E-state index in [-0.39, 0.29) is 10.6 Å². The average Bonchev–Trinajstić information content (AvgIpc) is 3.40. The van der Waals surface area contributed by atoms with Gasteiger partial charge in [0, 0.05) is 29.5 Å². The first-order valence-electron chi connectivity index (χ1n) is 10.9. The van der Waals surface area contributed by atoms with Gasteiger partial charge in [-0.3, -0.25) is 29.4 Å². The normalized spacial score (nSPS) is 14.4. The van der Waals surface area contributed by atoms with E-state index >= 15 is 0 Å². The number of nitrogens with zero attached hydrogens (tertiary/aromatic N) is 2. The van der Waals surface area contributed by atoms with Gasteiger partial charge in [0.1, 0.15) is 23.8 Å². The Hall–Kier alpha value is -4.38. The summed E-state index contributed by atoms with van der Waals surface area (Å²) >= 11 is 0.713. The third-order valence-electron chi connectivity index (χ3n) is 5.21. The molecule has 0 unspecified atom stereocenters. The van der Waals surface area contributed by atoms with Crippen LogP contribution < -0.4 is 10.1 Å². The number of benzene rings is 2. The van der Waals surface area contributed by atoms with E-state index in [4.69, 9.17) is 9.15 Å². The van der Waals surface area contributed by atoms with Crippen molar-refractivity contribution in [2.24, 2.45) is 0 Å². The molecule has 0 spiro atoms. The summed E-state index contributed by atoms with van der Waals surface area (Å²) in [5.41, 5.74) is 1.81. The summed E-state index contributed by atoms with van der Waals surface area (Å²) in [7, 11) is 0. The summed E-state index contributed by atoms with van der Waals surface area (Å²) in [6.07, 6.45) is 1.43. The number of imide groups is 1. The van der Waals surface area contributed by atoms with Crippen molar-refractivity contribution in [2.45, 2.75) is 13.8 Å². The SMILES string of the molecule is CCOc1ccc(NC(=O)CN2C(=O)S/C(=C\c3ccc(-c4ccc([N+](=O)[O-])cc4C)o3)C2=O)cc1. The zero-order chi connectivity index (χ0) is 25.8. The molecule has 0 aliphatic carbocycles. The number of ether oxygens (including phenoxy) is 1. The maximum absolute atomic E-state index is 12.8. The summed E-state index contributed by atoms with van der Waals surface area (Å²) < 4.78 is 11.1. The van der Waals surface area contributed by atoms with Crippen LogP contribution in [0.2, 0.25) is 0 Å². The number of amides is 3. The Balaban J connectivity index is 1.43. The smallest absolute Gasteiger partial charge is 0.294 e. The second-order valence-corrected chi connectivity index (χ2v) is 8.72. The fourth-order valence-electron chi connectivity index (χ4n) is 3.52. The van der Waals surface area contributed by atoms with Crippen molar-refractivity contribution in [3.8, 4) is 17.1 Å². The molecule has 1 aliphatic heterocycles. The van der Waals surface area contributed by atoms with E-state index in [1.54, 1.807) is 49.4 Å². The van der Waals surface area contributed by atoms with Crippen LogP contribution in [0.3, 0.4) is 0 Å². The molecule has 1 fully saturated rings. The molecule has 0 saturated carbocycles. The van der Waals surface area contributed by atoms with Crippen LogP contribution in [0.1, 0.15) is 18.2 Å². The topological polar surface area (TPSA) is 132 Å². The fourth-order valence-corrected chi connectivity index (χ4v) is 4.34. The van der Waals surface area contributed by atoms with E-state index < -0.39 is 28.5 Å². The number of carbonyl (C=O) groups is 3. The van der Waals surface area contributed by atoms with Gasteiger partial charge in [-0.2, -0.15) is 0 Å². The van der Waals surface area contributed by atoms with Gasteiger partial charge in [0.25, 0.3) is 16.8 Å². The molecule has 1 aromatic heterocycles. The van der Waals surface area contributed by atoms with E-state index in [2.05, 4.69) is 5.32 Å². The Bertz CT molecular complexity index is 1380. The number of nitro benzene ring substituents is 1. The molecule has 1 saturated heterocycles. The second-order valence-electron chi connectivity index (χ2n) is 7.73. The lowest BCUT2D eigenvalue weighted by Crippen LogP contribution is -2.36. The highest BCUT2D eigenvalue weighted by Crippen LogP contribution is 2.34. The molecule has 0 bridgehead atoms. The van der Waals surface area contributed by atoms with Crippen LogP contribution in [0.15, 0.2) is 63.9 Å². The van der Waals surface area contributed by atoms with Crippen LogP contribution in [0.25, 0.3) is 17.4 Å². The summed E-state index contributed by atoms with van der Waals surface area (Å²) in [5.74, 6) is 0.332. The van der Waals surface area contributed by atoms with Gasteiger partial charge in [-0.1, -0.05) is 0 Å². The van der Waals surface area contributed by atoms with Crippen LogP contribution in [0.4, 0.5) is 16.2 Å². The number of hydrogen-bond donors (Lipinski definition) is 1. The number of furan rings is 1. The molecule has 1 N–H and O–H groups in total. The molecule has 11 heteroatoms. The Labute approximate surface area is 210 Å². The molecule has 1 aliphatic rings. The molecule has 4 rings (SSSR count). The first-order valence-corrected chi connectivity index (χ1v) is 11.7.